The molecule has 1 aliphatic rings. The Labute approximate surface area is 91.3 Å². The molecule has 2 rings (SSSR count). The van der Waals surface area contributed by atoms with Gasteiger partial charge in [0.2, 0.25) is 0 Å². The molecule has 0 aliphatic heterocycles. The van der Waals surface area contributed by atoms with Gasteiger partial charge < -0.3 is 9.52 Å². The highest BCUT2D eigenvalue weighted by atomic mass is 16.3. The first kappa shape index (κ1) is 10.7. The maximum Gasteiger partial charge on any atom is 0.110 e. The summed E-state index contributed by atoms with van der Waals surface area (Å²) in [6, 6.07) is 2.05. The van der Waals surface area contributed by atoms with Crippen molar-refractivity contribution in [2.75, 3.05) is 0 Å². The third-order valence-corrected chi connectivity index (χ3v) is 3.07. The van der Waals surface area contributed by atoms with Crippen LogP contribution in [0.2, 0.25) is 0 Å². The van der Waals surface area contributed by atoms with E-state index in [0.717, 1.165) is 42.8 Å². The van der Waals surface area contributed by atoms with Crippen molar-refractivity contribution in [2.45, 2.75) is 58.0 Å². The van der Waals surface area contributed by atoms with Crippen molar-refractivity contribution in [3.8, 4) is 0 Å². The molecule has 1 aromatic rings. The Kier molecular flexibility index (Phi) is 2.63. The van der Waals surface area contributed by atoms with E-state index in [4.69, 9.17) is 4.42 Å². The minimum absolute atomic E-state index is 0.0336. The zero-order valence-electron chi connectivity index (χ0n) is 9.84. The zero-order valence-corrected chi connectivity index (χ0v) is 9.84. The van der Waals surface area contributed by atoms with Crippen molar-refractivity contribution in [3.05, 3.63) is 23.2 Å². The zero-order chi connectivity index (χ0) is 11.1. The smallest absolute Gasteiger partial charge is 0.110 e. The second-order valence-electron chi connectivity index (χ2n) is 5.50. The Morgan fingerprint density at radius 2 is 2.07 bits per heavy atom. The summed E-state index contributed by atoms with van der Waals surface area (Å²) in [5, 5.41) is 9.96. The van der Waals surface area contributed by atoms with Crippen LogP contribution in [-0.4, -0.2) is 5.11 Å². The average Bonchev–Trinajstić information content (AvgIpc) is 2.49. The maximum atomic E-state index is 9.96. The van der Waals surface area contributed by atoms with E-state index in [0.29, 0.717) is 0 Å². The highest BCUT2D eigenvalue weighted by Crippen LogP contribution is 2.35. The molecule has 15 heavy (non-hydrogen) atoms. The van der Waals surface area contributed by atoms with Gasteiger partial charge in [-0.1, -0.05) is 27.2 Å². The molecule has 1 aliphatic carbocycles. The van der Waals surface area contributed by atoms with Gasteiger partial charge in [0.1, 0.15) is 11.5 Å². The normalized spacial score (nSPS) is 22.3. The lowest BCUT2D eigenvalue weighted by molar-refractivity contribution is 0.166. The Morgan fingerprint density at radius 3 is 2.73 bits per heavy atom. The second kappa shape index (κ2) is 3.67. The largest absolute Gasteiger partial charge is 0.465 e. The predicted molar refractivity (Wildman–Crippen MR) is 59.9 cm³/mol. The third-order valence-electron chi connectivity index (χ3n) is 3.07. The highest BCUT2D eigenvalue weighted by Gasteiger charge is 2.25. The van der Waals surface area contributed by atoms with Gasteiger partial charge in [0.05, 0.1) is 6.10 Å². The Balaban J connectivity index is 2.38. The van der Waals surface area contributed by atoms with E-state index in [9.17, 15) is 5.11 Å². The average molecular weight is 208 g/mol. The summed E-state index contributed by atoms with van der Waals surface area (Å²) < 4.78 is 5.86. The van der Waals surface area contributed by atoms with Crippen molar-refractivity contribution in [2.24, 2.45) is 0 Å². The van der Waals surface area contributed by atoms with Crippen LogP contribution in [-0.2, 0) is 11.8 Å². The van der Waals surface area contributed by atoms with Crippen molar-refractivity contribution >= 4 is 0 Å². The fourth-order valence-corrected chi connectivity index (χ4v) is 2.07. The standard InChI is InChI=1S/C13H20O2/c1-13(2,3)12-8-9-10(14)6-4-5-7-11(9)15-12/h8,10,14H,4-7H2,1-3H3. The van der Waals surface area contributed by atoms with E-state index in [1.165, 1.54) is 0 Å². The molecule has 1 unspecified atom stereocenters. The van der Waals surface area contributed by atoms with Crippen LogP contribution in [0, 0.1) is 0 Å². The molecule has 2 nitrogen and oxygen atoms in total. The number of aliphatic hydroxyl groups is 1. The third kappa shape index (κ3) is 2.10. The van der Waals surface area contributed by atoms with E-state index in [-0.39, 0.29) is 11.5 Å². The van der Waals surface area contributed by atoms with Crippen LogP contribution in [0.15, 0.2) is 10.5 Å². The number of fused-ring (bicyclic) bond motifs is 1. The molecule has 0 radical (unpaired) electrons. The molecule has 1 aromatic heterocycles. The fraction of sp³-hybridized carbons (Fsp3) is 0.692. The molecule has 0 amide bonds. The lowest BCUT2D eigenvalue weighted by atomic mass is 9.92. The molecule has 1 heterocycles. The van der Waals surface area contributed by atoms with Crippen LogP contribution >= 0.6 is 0 Å². The number of hydrogen-bond donors (Lipinski definition) is 1. The van der Waals surface area contributed by atoms with Gasteiger partial charge in [-0.2, -0.15) is 0 Å². The summed E-state index contributed by atoms with van der Waals surface area (Å²) in [5.41, 5.74) is 1.06. The Hall–Kier alpha value is -0.760. The van der Waals surface area contributed by atoms with E-state index in [1.807, 2.05) is 6.07 Å². The van der Waals surface area contributed by atoms with Gasteiger partial charge in [0.25, 0.3) is 0 Å². The summed E-state index contributed by atoms with van der Waals surface area (Å²) in [6.45, 7) is 6.41. The number of furan rings is 1. The summed E-state index contributed by atoms with van der Waals surface area (Å²) in [6.07, 6.45) is 3.75. The van der Waals surface area contributed by atoms with Crippen LogP contribution in [0.3, 0.4) is 0 Å². The van der Waals surface area contributed by atoms with Crippen molar-refractivity contribution in [1.29, 1.82) is 0 Å². The van der Waals surface area contributed by atoms with Gasteiger partial charge in [0.15, 0.2) is 0 Å². The molecule has 0 fully saturated rings. The predicted octanol–water partition coefficient (Wildman–Crippen LogP) is 3.34. The molecule has 1 N–H and O–H groups in total. The van der Waals surface area contributed by atoms with Crippen LogP contribution in [0.4, 0.5) is 0 Å². The van der Waals surface area contributed by atoms with Gasteiger partial charge in [0, 0.05) is 17.4 Å². The van der Waals surface area contributed by atoms with Gasteiger partial charge >= 0.3 is 0 Å². The first-order valence-electron chi connectivity index (χ1n) is 5.79. The molecular weight excluding hydrogens is 188 g/mol. The molecule has 0 bridgehead atoms. The van der Waals surface area contributed by atoms with Crippen LogP contribution in [0.25, 0.3) is 0 Å². The Morgan fingerprint density at radius 1 is 1.33 bits per heavy atom. The molecule has 0 aromatic carbocycles. The van der Waals surface area contributed by atoms with Gasteiger partial charge in [-0.15, -0.1) is 0 Å². The number of aryl methyl sites for hydroxylation is 1. The van der Waals surface area contributed by atoms with Gasteiger partial charge in [-0.3, -0.25) is 0 Å². The topological polar surface area (TPSA) is 33.4 Å². The molecule has 0 saturated carbocycles. The quantitative estimate of drug-likeness (QED) is 0.663. The summed E-state index contributed by atoms with van der Waals surface area (Å²) in [5.74, 6) is 2.00. The number of rotatable bonds is 0. The van der Waals surface area contributed by atoms with E-state index >= 15 is 0 Å². The van der Waals surface area contributed by atoms with Crippen LogP contribution in [0.5, 0.6) is 0 Å². The molecular formula is C13H20O2. The fourth-order valence-electron chi connectivity index (χ4n) is 2.07. The van der Waals surface area contributed by atoms with E-state index < -0.39 is 0 Å². The lowest BCUT2D eigenvalue weighted by Gasteiger charge is -2.14. The molecule has 0 spiro atoms. The van der Waals surface area contributed by atoms with Gasteiger partial charge in [-0.05, 0) is 18.9 Å². The SMILES string of the molecule is CC(C)(C)c1cc2c(o1)CCCCC2O. The molecule has 2 heteroatoms. The molecule has 1 atom stereocenters. The van der Waals surface area contributed by atoms with Crippen LogP contribution < -0.4 is 0 Å². The summed E-state index contributed by atoms with van der Waals surface area (Å²) in [4.78, 5) is 0. The number of aliphatic hydroxyl groups excluding tert-OH is 1. The summed E-state index contributed by atoms with van der Waals surface area (Å²) >= 11 is 0. The minimum Gasteiger partial charge on any atom is -0.465 e. The minimum atomic E-state index is -0.317. The molecule has 84 valence electrons. The Bertz CT molecular complexity index is 344. The van der Waals surface area contributed by atoms with E-state index in [1.54, 1.807) is 0 Å². The first-order valence-corrected chi connectivity index (χ1v) is 5.79. The van der Waals surface area contributed by atoms with Gasteiger partial charge in [-0.25, -0.2) is 0 Å². The monoisotopic (exact) mass is 208 g/mol. The van der Waals surface area contributed by atoms with Crippen molar-refractivity contribution in [1.82, 2.24) is 0 Å². The molecule has 0 saturated heterocycles. The van der Waals surface area contributed by atoms with Crippen molar-refractivity contribution in [3.63, 3.8) is 0 Å². The van der Waals surface area contributed by atoms with Crippen LogP contribution in [0.1, 0.15) is 63.2 Å². The van der Waals surface area contributed by atoms with E-state index in [2.05, 4.69) is 20.8 Å². The number of hydrogen-bond acceptors (Lipinski definition) is 2. The highest BCUT2D eigenvalue weighted by molar-refractivity contribution is 5.28. The maximum absolute atomic E-state index is 9.96. The summed E-state index contributed by atoms with van der Waals surface area (Å²) in [7, 11) is 0. The lowest BCUT2D eigenvalue weighted by Crippen LogP contribution is -2.09. The van der Waals surface area contributed by atoms with Crippen molar-refractivity contribution < 1.29 is 9.52 Å². The second-order valence-corrected chi connectivity index (χ2v) is 5.50. The first-order chi connectivity index (χ1) is 6.98.